The van der Waals surface area contributed by atoms with E-state index in [1.54, 1.807) is 4.68 Å². The minimum Gasteiger partial charge on any atom is -0.381 e. The van der Waals surface area contributed by atoms with Crippen LogP contribution in [0.15, 0.2) is 12.4 Å². The van der Waals surface area contributed by atoms with Gasteiger partial charge in [-0.3, -0.25) is 9.48 Å². The van der Waals surface area contributed by atoms with Crippen LogP contribution in [-0.2, 0) is 16.6 Å². The molecular weight excluding hydrogens is 353 g/mol. The fourth-order valence-corrected chi connectivity index (χ4v) is 3.34. The molecule has 2 saturated heterocycles. The lowest BCUT2D eigenvalue weighted by atomic mass is 9.78. The van der Waals surface area contributed by atoms with Crippen LogP contribution in [0.2, 0.25) is 0 Å². The van der Waals surface area contributed by atoms with Gasteiger partial charge in [-0.15, -0.1) is 24.8 Å². The predicted molar refractivity (Wildman–Crippen MR) is 98.0 cm³/mol. The molecule has 0 radical (unpaired) electrons. The molecule has 1 aromatic rings. The summed E-state index contributed by atoms with van der Waals surface area (Å²) in [4.78, 5) is 17.2. The highest BCUT2D eigenvalue weighted by Crippen LogP contribution is 2.32. The molecule has 9 heteroatoms. The van der Waals surface area contributed by atoms with Gasteiger partial charge in [0.2, 0.25) is 5.91 Å². The van der Waals surface area contributed by atoms with Crippen LogP contribution in [-0.4, -0.2) is 66.5 Å². The highest BCUT2D eigenvalue weighted by atomic mass is 35.5. The SMILES string of the molecule is Cl.Cl.Cn1cc(N2CCN(C(=O)C3(CN)CCOCC3)CC2)cn1. The van der Waals surface area contributed by atoms with Crippen LogP contribution >= 0.6 is 24.8 Å². The van der Waals surface area contributed by atoms with Crippen LogP contribution in [0.3, 0.4) is 0 Å². The number of carbonyl (C=O) groups is 1. The molecule has 1 aromatic heterocycles. The number of nitrogens with two attached hydrogens (primary N) is 1. The number of rotatable bonds is 3. The highest BCUT2D eigenvalue weighted by molar-refractivity contribution is 5.85. The van der Waals surface area contributed by atoms with Crippen molar-refractivity contribution in [2.75, 3.05) is 50.8 Å². The summed E-state index contributed by atoms with van der Waals surface area (Å²) >= 11 is 0. The quantitative estimate of drug-likeness (QED) is 0.834. The van der Waals surface area contributed by atoms with Crippen LogP contribution in [0.25, 0.3) is 0 Å². The summed E-state index contributed by atoms with van der Waals surface area (Å²) in [5.74, 6) is 0.212. The first-order chi connectivity index (χ1) is 10.6. The molecule has 2 fully saturated rings. The van der Waals surface area contributed by atoms with Crippen molar-refractivity contribution in [1.29, 1.82) is 0 Å². The Hall–Kier alpha value is -1.02. The third-order valence-electron chi connectivity index (χ3n) is 4.92. The number of hydrogen-bond donors (Lipinski definition) is 1. The van der Waals surface area contributed by atoms with Gasteiger partial charge in [0, 0.05) is 59.2 Å². The van der Waals surface area contributed by atoms with E-state index in [2.05, 4.69) is 10.00 Å². The number of aryl methyl sites for hydroxylation is 1. The molecule has 0 aliphatic carbocycles. The molecule has 0 aromatic carbocycles. The summed E-state index contributed by atoms with van der Waals surface area (Å²) in [5, 5.41) is 4.21. The number of halogens is 2. The molecule has 0 atom stereocenters. The molecule has 0 unspecified atom stereocenters. The van der Waals surface area contributed by atoms with Gasteiger partial charge in [-0.1, -0.05) is 0 Å². The summed E-state index contributed by atoms with van der Waals surface area (Å²) in [5.41, 5.74) is 6.65. The van der Waals surface area contributed by atoms with Crippen LogP contribution in [0, 0.1) is 5.41 Å². The maximum Gasteiger partial charge on any atom is 0.230 e. The first-order valence-corrected chi connectivity index (χ1v) is 7.95. The molecule has 1 amide bonds. The van der Waals surface area contributed by atoms with Crippen molar-refractivity contribution in [1.82, 2.24) is 14.7 Å². The van der Waals surface area contributed by atoms with E-state index >= 15 is 0 Å². The van der Waals surface area contributed by atoms with Gasteiger partial charge in [0.25, 0.3) is 0 Å². The standard InChI is InChI=1S/C15H25N5O2.2ClH/c1-18-11-13(10-17-18)19-4-6-20(7-5-19)14(21)15(12-16)2-8-22-9-3-15;;/h10-11H,2-9,12,16H2,1H3;2*1H. The Bertz CT molecular complexity index is 526. The average Bonchev–Trinajstić information content (AvgIpc) is 3.01. The van der Waals surface area contributed by atoms with E-state index in [-0.39, 0.29) is 30.7 Å². The molecule has 24 heavy (non-hydrogen) atoms. The van der Waals surface area contributed by atoms with Crippen molar-refractivity contribution in [2.45, 2.75) is 12.8 Å². The monoisotopic (exact) mass is 379 g/mol. The molecule has 3 heterocycles. The number of hydrogen-bond acceptors (Lipinski definition) is 5. The van der Waals surface area contributed by atoms with Gasteiger partial charge in [0.15, 0.2) is 0 Å². The average molecular weight is 380 g/mol. The van der Waals surface area contributed by atoms with Crippen molar-refractivity contribution in [2.24, 2.45) is 18.2 Å². The lowest BCUT2D eigenvalue weighted by Crippen LogP contribution is -2.56. The van der Waals surface area contributed by atoms with E-state index in [1.807, 2.05) is 24.3 Å². The van der Waals surface area contributed by atoms with E-state index in [0.29, 0.717) is 19.8 Å². The largest absolute Gasteiger partial charge is 0.381 e. The van der Waals surface area contributed by atoms with E-state index < -0.39 is 5.41 Å². The molecule has 2 aliphatic rings. The Labute approximate surface area is 155 Å². The smallest absolute Gasteiger partial charge is 0.230 e. The van der Waals surface area contributed by atoms with Crippen molar-refractivity contribution < 1.29 is 9.53 Å². The second kappa shape index (κ2) is 8.89. The number of amides is 1. The van der Waals surface area contributed by atoms with Crippen molar-refractivity contribution in [3.05, 3.63) is 12.4 Å². The van der Waals surface area contributed by atoms with E-state index in [1.165, 1.54) is 0 Å². The fraction of sp³-hybridized carbons (Fsp3) is 0.733. The van der Waals surface area contributed by atoms with Crippen molar-refractivity contribution >= 4 is 36.4 Å². The maximum absolute atomic E-state index is 12.9. The lowest BCUT2D eigenvalue weighted by Gasteiger charge is -2.42. The molecule has 0 bridgehead atoms. The van der Waals surface area contributed by atoms with Crippen molar-refractivity contribution in [3.8, 4) is 0 Å². The maximum atomic E-state index is 12.9. The molecule has 3 rings (SSSR count). The third kappa shape index (κ3) is 4.14. The lowest BCUT2D eigenvalue weighted by molar-refractivity contribution is -0.147. The summed E-state index contributed by atoms with van der Waals surface area (Å²) in [6.07, 6.45) is 5.37. The Balaban J connectivity index is 0.00000144. The van der Waals surface area contributed by atoms with Crippen LogP contribution in [0.5, 0.6) is 0 Å². The highest BCUT2D eigenvalue weighted by Gasteiger charge is 2.42. The van der Waals surface area contributed by atoms with Crippen LogP contribution < -0.4 is 10.6 Å². The van der Waals surface area contributed by atoms with Gasteiger partial charge in [0.05, 0.1) is 17.3 Å². The van der Waals surface area contributed by atoms with Gasteiger partial charge in [-0.2, -0.15) is 5.10 Å². The third-order valence-corrected chi connectivity index (χ3v) is 4.92. The molecule has 138 valence electrons. The summed E-state index contributed by atoms with van der Waals surface area (Å²) < 4.78 is 7.20. The zero-order chi connectivity index (χ0) is 15.6. The fourth-order valence-electron chi connectivity index (χ4n) is 3.34. The number of anilines is 1. The molecule has 7 nitrogen and oxygen atoms in total. The zero-order valence-electron chi connectivity index (χ0n) is 14.0. The number of carbonyl (C=O) groups excluding carboxylic acids is 1. The number of nitrogens with zero attached hydrogens (tertiary/aromatic N) is 4. The molecular formula is C15H27Cl2N5O2. The van der Waals surface area contributed by atoms with E-state index in [4.69, 9.17) is 10.5 Å². The Morgan fingerprint density at radius 2 is 1.88 bits per heavy atom. The topological polar surface area (TPSA) is 76.6 Å². The summed E-state index contributed by atoms with van der Waals surface area (Å²) in [6, 6.07) is 0. The second-order valence-electron chi connectivity index (χ2n) is 6.25. The number of ether oxygens (including phenoxy) is 1. The van der Waals surface area contributed by atoms with E-state index in [9.17, 15) is 4.79 Å². The first kappa shape index (κ1) is 21.0. The van der Waals surface area contributed by atoms with Crippen molar-refractivity contribution in [3.63, 3.8) is 0 Å². The van der Waals surface area contributed by atoms with E-state index in [0.717, 1.165) is 44.7 Å². The summed E-state index contributed by atoms with van der Waals surface area (Å²) in [6.45, 7) is 4.87. The molecule has 0 spiro atoms. The second-order valence-corrected chi connectivity index (χ2v) is 6.25. The van der Waals surface area contributed by atoms with Gasteiger partial charge < -0.3 is 20.3 Å². The molecule has 0 saturated carbocycles. The van der Waals surface area contributed by atoms with Gasteiger partial charge in [-0.05, 0) is 12.8 Å². The molecule has 2 N–H and O–H groups in total. The predicted octanol–water partition coefficient (Wildman–Crippen LogP) is 0.668. The molecule has 2 aliphatic heterocycles. The Kier molecular flexibility index (Phi) is 7.79. The van der Waals surface area contributed by atoms with Gasteiger partial charge in [0.1, 0.15) is 0 Å². The minimum absolute atomic E-state index is 0. The minimum atomic E-state index is -0.408. The first-order valence-electron chi connectivity index (χ1n) is 7.95. The Morgan fingerprint density at radius 1 is 1.25 bits per heavy atom. The normalized spacial score (nSPS) is 20.1. The summed E-state index contributed by atoms with van der Waals surface area (Å²) in [7, 11) is 1.92. The number of aromatic nitrogens is 2. The van der Waals surface area contributed by atoms with Gasteiger partial charge >= 0.3 is 0 Å². The Morgan fingerprint density at radius 3 is 2.38 bits per heavy atom. The number of piperazine rings is 1. The van der Waals surface area contributed by atoms with Crippen LogP contribution in [0.1, 0.15) is 12.8 Å². The van der Waals surface area contributed by atoms with Crippen LogP contribution in [0.4, 0.5) is 5.69 Å². The van der Waals surface area contributed by atoms with Gasteiger partial charge in [-0.25, -0.2) is 0 Å². The zero-order valence-corrected chi connectivity index (χ0v) is 15.7.